The number of pyridine rings is 1. The van der Waals surface area contributed by atoms with Crippen LogP contribution in [-0.4, -0.2) is 17.2 Å². The fourth-order valence-electron chi connectivity index (χ4n) is 2.01. The molecule has 0 aliphatic carbocycles. The van der Waals surface area contributed by atoms with Crippen LogP contribution in [0.2, 0.25) is 5.15 Å². The van der Waals surface area contributed by atoms with Crippen LogP contribution in [0.3, 0.4) is 0 Å². The van der Waals surface area contributed by atoms with Crippen molar-refractivity contribution in [3.63, 3.8) is 0 Å². The summed E-state index contributed by atoms with van der Waals surface area (Å²) >= 11 is 5.83. The van der Waals surface area contributed by atoms with Crippen LogP contribution in [0.1, 0.15) is 15.9 Å². The SMILES string of the molecule is O=C(O/N=C/c1cccc(Oc2ccccc2)c1)c1cccnc1Cl. The van der Waals surface area contributed by atoms with Gasteiger partial charge in [0.2, 0.25) is 0 Å². The van der Waals surface area contributed by atoms with Crippen molar-refractivity contribution in [3.8, 4) is 11.5 Å². The van der Waals surface area contributed by atoms with Crippen molar-refractivity contribution in [2.75, 3.05) is 0 Å². The molecule has 25 heavy (non-hydrogen) atoms. The van der Waals surface area contributed by atoms with E-state index in [4.69, 9.17) is 21.2 Å². The highest BCUT2D eigenvalue weighted by Crippen LogP contribution is 2.21. The van der Waals surface area contributed by atoms with Crippen LogP contribution < -0.4 is 4.74 Å². The Morgan fingerprint density at radius 1 is 1.00 bits per heavy atom. The van der Waals surface area contributed by atoms with Crippen LogP contribution >= 0.6 is 11.6 Å². The van der Waals surface area contributed by atoms with E-state index in [0.717, 1.165) is 11.3 Å². The van der Waals surface area contributed by atoms with Gasteiger partial charge < -0.3 is 9.57 Å². The molecule has 0 bridgehead atoms. The first-order valence-electron chi connectivity index (χ1n) is 7.40. The monoisotopic (exact) mass is 352 g/mol. The molecule has 6 heteroatoms. The summed E-state index contributed by atoms with van der Waals surface area (Å²) in [6, 6.07) is 19.8. The van der Waals surface area contributed by atoms with E-state index in [1.54, 1.807) is 12.1 Å². The van der Waals surface area contributed by atoms with E-state index >= 15 is 0 Å². The molecule has 0 spiro atoms. The summed E-state index contributed by atoms with van der Waals surface area (Å²) in [7, 11) is 0. The number of para-hydroxylation sites is 1. The second-order valence-corrected chi connectivity index (χ2v) is 5.30. The number of oxime groups is 1. The highest BCUT2D eigenvalue weighted by atomic mass is 35.5. The van der Waals surface area contributed by atoms with Gasteiger partial charge in [-0.3, -0.25) is 0 Å². The van der Waals surface area contributed by atoms with E-state index in [2.05, 4.69) is 10.1 Å². The minimum Gasteiger partial charge on any atom is -0.457 e. The molecule has 0 unspecified atom stereocenters. The summed E-state index contributed by atoms with van der Waals surface area (Å²) in [5, 5.41) is 3.76. The molecule has 0 N–H and O–H groups in total. The smallest absolute Gasteiger partial charge is 0.368 e. The first-order chi connectivity index (χ1) is 12.2. The number of hydrogen-bond donors (Lipinski definition) is 0. The Kier molecular flexibility index (Phi) is 5.39. The second-order valence-electron chi connectivity index (χ2n) is 4.94. The maximum atomic E-state index is 11.9. The molecule has 0 aliphatic heterocycles. The van der Waals surface area contributed by atoms with E-state index < -0.39 is 5.97 Å². The average molecular weight is 353 g/mol. The minimum absolute atomic E-state index is 0.0703. The molecule has 0 saturated carbocycles. The Labute approximate surface area is 149 Å². The molecule has 0 amide bonds. The lowest BCUT2D eigenvalue weighted by Crippen LogP contribution is -2.02. The van der Waals surface area contributed by atoms with Gasteiger partial charge in [0.15, 0.2) is 0 Å². The molecule has 124 valence electrons. The quantitative estimate of drug-likeness (QED) is 0.288. The van der Waals surface area contributed by atoms with Gasteiger partial charge in [0.25, 0.3) is 0 Å². The van der Waals surface area contributed by atoms with E-state index in [1.165, 1.54) is 18.5 Å². The van der Waals surface area contributed by atoms with Gasteiger partial charge in [-0.15, -0.1) is 0 Å². The summed E-state index contributed by atoms with van der Waals surface area (Å²) in [4.78, 5) is 20.5. The van der Waals surface area contributed by atoms with Crippen LogP contribution in [0.15, 0.2) is 78.1 Å². The first kappa shape index (κ1) is 16.7. The van der Waals surface area contributed by atoms with Crippen molar-refractivity contribution in [1.82, 2.24) is 4.98 Å². The number of halogens is 1. The molecule has 2 aromatic carbocycles. The Morgan fingerprint density at radius 2 is 1.80 bits per heavy atom. The lowest BCUT2D eigenvalue weighted by molar-refractivity contribution is 0.0519. The highest BCUT2D eigenvalue weighted by Gasteiger charge is 2.11. The van der Waals surface area contributed by atoms with Crippen molar-refractivity contribution < 1.29 is 14.4 Å². The number of hydrogen-bond acceptors (Lipinski definition) is 5. The molecule has 5 nitrogen and oxygen atoms in total. The zero-order valence-corrected chi connectivity index (χ0v) is 13.8. The van der Waals surface area contributed by atoms with E-state index in [-0.39, 0.29) is 10.7 Å². The third-order valence-electron chi connectivity index (χ3n) is 3.15. The van der Waals surface area contributed by atoms with Crippen molar-refractivity contribution in [1.29, 1.82) is 0 Å². The lowest BCUT2D eigenvalue weighted by Gasteiger charge is -2.05. The maximum absolute atomic E-state index is 11.9. The van der Waals surface area contributed by atoms with Gasteiger partial charge in [0.05, 0.1) is 11.8 Å². The Hall–Kier alpha value is -3.18. The van der Waals surface area contributed by atoms with Gasteiger partial charge in [-0.05, 0) is 42.0 Å². The van der Waals surface area contributed by atoms with Crippen molar-refractivity contribution in [2.24, 2.45) is 5.16 Å². The first-order valence-corrected chi connectivity index (χ1v) is 7.78. The van der Waals surface area contributed by atoms with Gasteiger partial charge >= 0.3 is 5.97 Å². The molecule has 0 radical (unpaired) electrons. The predicted molar refractivity (Wildman–Crippen MR) is 95.2 cm³/mol. The second kappa shape index (κ2) is 8.08. The number of benzene rings is 2. The molecule has 3 rings (SSSR count). The van der Waals surface area contributed by atoms with Gasteiger partial charge in [-0.1, -0.05) is 47.1 Å². The zero-order valence-electron chi connectivity index (χ0n) is 13.0. The number of rotatable bonds is 5. The lowest BCUT2D eigenvalue weighted by atomic mass is 10.2. The van der Waals surface area contributed by atoms with Gasteiger partial charge in [0.1, 0.15) is 16.7 Å². The zero-order chi connectivity index (χ0) is 17.5. The molecule has 0 atom stereocenters. The van der Waals surface area contributed by atoms with E-state index in [0.29, 0.717) is 5.75 Å². The summed E-state index contributed by atoms with van der Waals surface area (Å²) in [6.07, 6.45) is 2.90. The van der Waals surface area contributed by atoms with Crippen molar-refractivity contribution >= 4 is 23.8 Å². The number of nitrogens with zero attached hydrogens (tertiary/aromatic N) is 2. The third-order valence-corrected chi connectivity index (χ3v) is 3.45. The van der Waals surface area contributed by atoms with Crippen LogP contribution in [-0.2, 0) is 4.84 Å². The van der Waals surface area contributed by atoms with Crippen LogP contribution in [0, 0.1) is 0 Å². The number of carbonyl (C=O) groups is 1. The summed E-state index contributed by atoms with van der Waals surface area (Å²) in [6.45, 7) is 0. The fraction of sp³-hybridized carbons (Fsp3) is 0. The van der Waals surface area contributed by atoms with Gasteiger partial charge in [-0.25, -0.2) is 9.78 Å². The van der Waals surface area contributed by atoms with Crippen LogP contribution in [0.4, 0.5) is 0 Å². The largest absolute Gasteiger partial charge is 0.457 e. The molecule has 1 aromatic heterocycles. The van der Waals surface area contributed by atoms with Crippen molar-refractivity contribution in [3.05, 3.63) is 89.2 Å². The van der Waals surface area contributed by atoms with E-state index in [9.17, 15) is 4.79 Å². The summed E-state index contributed by atoms with van der Waals surface area (Å²) < 4.78 is 5.74. The maximum Gasteiger partial charge on any atom is 0.368 e. The summed E-state index contributed by atoms with van der Waals surface area (Å²) in [5.41, 5.74) is 0.876. The standard InChI is InChI=1S/C19H13ClN2O3/c20-18-17(10-5-11-21-18)19(23)25-22-13-14-6-4-9-16(12-14)24-15-7-2-1-3-8-15/h1-13H/b22-13+. The van der Waals surface area contributed by atoms with Gasteiger partial charge in [-0.2, -0.15) is 0 Å². The molecule has 0 fully saturated rings. The normalized spacial score (nSPS) is 10.6. The van der Waals surface area contributed by atoms with Crippen LogP contribution in [0.5, 0.6) is 11.5 Å². The molecule has 3 aromatic rings. The van der Waals surface area contributed by atoms with E-state index in [1.807, 2.05) is 48.5 Å². The molecular formula is C19H13ClN2O3. The number of carbonyl (C=O) groups excluding carboxylic acids is 1. The van der Waals surface area contributed by atoms with Crippen LogP contribution in [0.25, 0.3) is 0 Å². The Bertz CT molecular complexity index is 898. The number of aromatic nitrogens is 1. The van der Waals surface area contributed by atoms with Crippen molar-refractivity contribution in [2.45, 2.75) is 0 Å². The Balaban J connectivity index is 1.65. The molecule has 0 aliphatic rings. The molecular weight excluding hydrogens is 340 g/mol. The Morgan fingerprint density at radius 3 is 2.60 bits per heavy atom. The van der Waals surface area contributed by atoms with Gasteiger partial charge in [0, 0.05) is 6.20 Å². The molecule has 1 heterocycles. The minimum atomic E-state index is -0.675. The number of ether oxygens (including phenoxy) is 1. The third kappa shape index (κ3) is 4.65. The molecule has 0 saturated heterocycles. The predicted octanol–water partition coefficient (Wildman–Crippen LogP) is 4.72. The summed E-state index contributed by atoms with van der Waals surface area (Å²) in [5.74, 6) is 0.706. The topological polar surface area (TPSA) is 60.8 Å². The highest BCUT2D eigenvalue weighted by molar-refractivity contribution is 6.32. The fourth-order valence-corrected chi connectivity index (χ4v) is 2.20. The average Bonchev–Trinajstić information content (AvgIpc) is 2.63.